The Kier molecular flexibility index (Phi) is 4.15. The molecule has 0 aliphatic rings. The second-order valence-electron chi connectivity index (χ2n) is 3.52. The van der Waals surface area contributed by atoms with Crippen LogP contribution in [0.5, 0.6) is 0 Å². The summed E-state index contributed by atoms with van der Waals surface area (Å²) < 4.78 is 0. The zero-order chi connectivity index (χ0) is 12.8. The molecule has 0 spiro atoms. The molecule has 1 aromatic carbocycles. The summed E-state index contributed by atoms with van der Waals surface area (Å²) in [4.78, 5) is 15.8. The van der Waals surface area contributed by atoms with Gasteiger partial charge < -0.3 is 5.11 Å². The Morgan fingerprint density at radius 2 is 1.94 bits per heavy atom. The Balaban J connectivity index is 2.06. The third-order valence-electron chi connectivity index (χ3n) is 2.14. The summed E-state index contributed by atoms with van der Waals surface area (Å²) in [6, 6.07) is 13.7. The molecule has 0 atom stereocenters. The second kappa shape index (κ2) is 6.02. The molecule has 4 heteroatoms. The van der Waals surface area contributed by atoms with Gasteiger partial charge in [-0.2, -0.15) is 0 Å². The molecule has 1 N–H and O–H groups in total. The average molecular weight is 257 g/mol. The van der Waals surface area contributed by atoms with Gasteiger partial charge in [-0.3, -0.25) is 0 Å². The quantitative estimate of drug-likeness (QED) is 0.853. The summed E-state index contributed by atoms with van der Waals surface area (Å²) in [5, 5.41) is 9.40. The van der Waals surface area contributed by atoms with E-state index in [9.17, 15) is 4.79 Å². The van der Waals surface area contributed by atoms with Gasteiger partial charge in [0.1, 0.15) is 5.03 Å². The van der Waals surface area contributed by atoms with Crippen molar-refractivity contribution in [3.8, 4) is 0 Å². The topological polar surface area (TPSA) is 50.2 Å². The van der Waals surface area contributed by atoms with Crippen LogP contribution >= 0.6 is 11.8 Å². The molecular formula is C14H11NO2S. The highest BCUT2D eigenvalue weighted by Gasteiger charge is 1.98. The van der Waals surface area contributed by atoms with E-state index in [1.165, 1.54) is 6.08 Å². The predicted octanol–water partition coefficient (Wildman–Crippen LogP) is 3.33. The van der Waals surface area contributed by atoms with Crippen molar-refractivity contribution in [2.75, 3.05) is 0 Å². The minimum Gasteiger partial charge on any atom is -0.478 e. The van der Waals surface area contributed by atoms with E-state index in [-0.39, 0.29) is 0 Å². The second-order valence-corrected chi connectivity index (χ2v) is 4.61. The number of aliphatic carboxylic acids is 1. The fraction of sp³-hybridized carbons (Fsp3) is 0. The smallest absolute Gasteiger partial charge is 0.328 e. The minimum atomic E-state index is -0.960. The van der Waals surface area contributed by atoms with Crippen molar-refractivity contribution in [2.24, 2.45) is 0 Å². The summed E-state index contributed by atoms with van der Waals surface area (Å²) in [6.07, 6.45) is 4.28. The van der Waals surface area contributed by atoms with Gasteiger partial charge in [0.05, 0.1) is 0 Å². The molecule has 0 bridgehead atoms. The zero-order valence-electron chi connectivity index (χ0n) is 9.48. The van der Waals surface area contributed by atoms with Gasteiger partial charge in [-0.05, 0) is 29.8 Å². The molecule has 2 aromatic rings. The number of hydrogen-bond donors (Lipinski definition) is 1. The molecule has 0 aliphatic carbocycles. The van der Waals surface area contributed by atoms with E-state index in [4.69, 9.17) is 5.11 Å². The Bertz CT molecular complexity index is 550. The van der Waals surface area contributed by atoms with Gasteiger partial charge in [0.25, 0.3) is 0 Å². The Morgan fingerprint density at radius 1 is 1.17 bits per heavy atom. The van der Waals surface area contributed by atoms with Gasteiger partial charge in [-0.1, -0.05) is 36.0 Å². The van der Waals surface area contributed by atoms with Crippen molar-refractivity contribution in [1.29, 1.82) is 0 Å². The van der Waals surface area contributed by atoms with Crippen LogP contribution in [-0.2, 0) is 4.79 Å². The zero-order valence-corrected chi connectivity index (χ0v) is 10.3. The van der Waals surface area contributed by atoms with E-state index in [1.807, 2.05) is 42.5 Å². The van der Waals surface area contributed by atoms with E-state index >= 15 is 0 Å². The van der Waals surface area contributed by atoms with E-state index in [1.54, 1.807) is 18.0 Å². The maximum atomic E-state index is 10.4. The number of aromatic nitrogens is 1. The van der Waals surface area contributed by atoms with Crippen molar-refractivity contribution in [3.63, 3.8) is 0 Å². The summed E-state index contributed by atoms with van der Waals surface area (Å²) in [5.41, 5.74) is 0.773. The highest BCUT2D eigenvalue weighted by atomic mass is 32.2. The summed E-state index contributed by atoms with van der Waals surface area (Å²) in [6.45, 7) is 0. The number of carboxylic acid groups (broad SMARTS) is 1. The third-order valence-corrected chi connectivity index (χ3v) is 3.10. The molecule has 0 amide bonds. The minimum absolute atomic E-state index is 0.773. The van der Waals surface area contributed by atoms with Crippen LogP contribution in [-0.4, -0.2) is 16.1 Å². The fourth-order valence-corrected chi connectivity index (χ4v) is 2.10. The van der Waals surface area contributed by atoms with Crippen molar-refractivity contribution < 1.29 is 9.90 Å². The highest BCUT2D eigenvalue weighted by molar-refractivity contribution is 7.99. The van der Waals surface area contributed by atoms with Crippen LogP contribution in [0, 0.1) is 0 Å². The molecular weight excluding hydrogens is 246 g/mol. The summed E-state index contributed by atoms with van der Waals surface area (Å²) in [7, 11) is 0. The first-order chi connectivity index (χ1) is 8.74. The predicted molar refractivity (Wildman–Crippen MR) is 71.5 cm³/mol. The van der Waals surface area contributed by atoms with Crippen LogP contribution in [0.4, 0.5) is 0 Å². The maximum Gasteiger partial charge on any atom is 0.328 e. The lowest BCUT2D eigenvalue weighted by Crippen LogP contribution is -1.86. The van der Waals surface area contributed by atoms with Gasteiger partial charge in [0.2, 0.25) is 0 Å². The van der Waals surface area contributed by atoms with Crippen LogP contribution in [0.1, 0.15) is 5.56 Å². The lowest BCUT2D eigenvalue weighted by Gasteiger charge is -2.00. The molecule has 3 nitrogen and oxygen atoms in total. The van der Waals surface area contributed by atoms with E-state index < -0.39 is 5.97 Å². The number of carboxylic acids is 1. The largest absolute Gasteiger partial charge is 0.478 e. The molecule has 0 aliphatic heterocycles. The first-order valence-corrected chi connectivity index (χ1v) is 6.16. The number of pyridine rings is 1. The van der Waals surface area contributed by atoms with Crippen molar-refractivity contribution >= 4 is 23.8 Å². The first kappa shape index (κ1) is 12.4. The maximum absolute atomic E-state index is 10.4. The fourth-order valence-electron chi connectivity index (χ4n) is 1.33. The molecule has 1 heterocycles. The van der Waals surface area contributed by atoms with E-state index in [2.05, 4.69) is 4.98 Å². The standard InChI is InChI=1S/C14H11NO2S/c16-14(17)9-7-11-6-8-13(15-10-11)18-12-4-2-1-3-5-12/h1-10H,(H,16,17)/b9-7+. The molecule has 0 fully saturated rings. The first-order valence-electron chi connectivity index (χ1n) is 5.34. The van der Waals surface area contributed by atoms with Gasteiger partial charge in [0.15, 0.2) is 0 Å². The number of benzene rings is 1. The molecule has 0 saturated carbocycles. The van der Waals surface area contributed by atoms with Crippen LogP contribution < -0.4 is 0 Å². The van der Waals surface area contributed by atoms with Gasteiger partial charge in [-0.15, -0.1) is 0 Å². The molecule has 18 heavy (non-hydrogen) atoms. The number of nitrogens with zero attached hydrogens (tertiary/aromatic N) is 1. The van der Waals surface area contributed by atoms with Gasteiger partial charge in [-0.25, -0.2) is 9.78 Å². The molecule has 0 saturated heterocycles. The number of rotatable bonds is 4. The molecule has 90 valence electrons. The van der Waals surface area contributed by atoms with Crippen LogP contribution in [0.3, 0.4) is 0 Å². The Hall–Kier alpha value is -2.07. The number of hydrogen-bond acceptors (Lipinski definition) is 3. The van der Waals surface area contributed by atoms with Crippen LogP contribution in [0.15, 0.2) is 64.7 Å². The Morgan fingerprint density at radius 3 is 2.56 bits per heavy atom. The summed E-state index contributed by atoms with van der Waals surface area (Å²) >= 11 is 1.57. The SMILES string of the molecule is O=C(O)/C=C/c1ccc(Sc2ccccc2)nc1. The van der Waals surface area contributed by atoms with Crippen molar-refractivity contribution in [1.82, 2.24) is 4.98 Å². The Labute approximate surface area is 109 Å². The normalized spacial score (nSPS) is 10.7. The lowest BCUT2D eigenvalue weighted by atomic mass is 10.2. The molecule has 2 rings (SSSR count). The van der Waals surface area contributed by atoms with Crippen molar-refractivity contribution in [2.45, 2.75) is 9.92 Å². The van der Waals surface area contributed by atoms with Crippen LogP contribution in [0.2, 0.25) is 0 Å². The molecule has 0 radical (unpaired) electrons. The highest BCUT2D eigenvalue weighted by Crippen LogP contribution is 2.25. The third kappa shape index (κ3) is 3.75. The van der Waals surface area contributed by atoms with E-state index in [0.717, 1.165) is 21.6 Å². The lowest BCUT2D eigenvalue weighted by molar-refractivity contribution is -0.131. The van der Waals surface area contributed by atoms with Gasteiger partial charge in [0, 0.05) is 17.2 Å². The van der Waals surface area contributed by atoms with Crippen molar-refractivity contribution in [3.05, 3.63) is 60.3 Å². The van der Waals surface area contributed by atoms with E-state index in [0.29, 0.717) is 0 Å². The molecule has 1 aromatic heterocycles. The average Bonchev–Trinajstić information content (AvgIpc) is 2.39. The monoisotopic (exact) mass is 257 g/mol. The number of carbonyl (C=O) groups is 1. The summed E-state index contributed by atoms with van der Waals surface area (Å²) in [5.74, 6) is -0.960. The van der Waals surface area contributed by atoms with Gasteiger partial charge >= 0.3 is 5.97 Å². The van der Waals surface area contributed by atoms with Crippen LogP contribution in [0.25, 0.3) is 6.08 Å². The molecule has 0 unspecified atom stereocenters.